The van der Waals surface area contributed by atoms with Crippen LogP contribution in [0.4, 0.5) is 0 Å². The second-order valence-corrected chi connectivity index (χ2v) is 10.2. The number of nitrogens with zero attached hydrogens (tertiary/aromatic N) is 3. The van der Waals surface area contributed by atoms with Gasteiger partial charge < -0.3 is 9.47 Å². The van der Waals surface area contributed by atoms with Crippen LogP contribution in [-0.4, -0.2) is 54.2 Å². The molecule has 0 spiro atoms. The fraction of sp³-hybridized carbons (Fsp3) is 0.174. The number of benzene rings is 2. The number of ether oxygens (including phenoxy) is 2. The summed E-state index contributed by atoms with van der Waals surface area (Å²) in [4.78, 5) is 30.1. The van der Waals surface area contributed by atoms with Crippen LogP contribution in [-0.2, 0) is 14.6 Å². The smallest absolute Gasteiger partial charge is 0.343 e. The topological polar surface area (TPSA) is 139 Å². The van der Waals surface area contributed by atoms with E-state index in [2.05, 4.69) is 9.39 Å². The second-order valence-electron chi connectivity index (χ2n) is 7.58. The Morgan fingerprint density at radius 2 is 1.97 bits per heavy atom. The summed E-state index contributed by atoms with van der Waals surface area (Å²) in [5, 5.41) is 8.09. The number of esters is 1. The maximum atomic E-state index is 12.6. The van der Waals surface area contributed by atoms with Gasteiger partial charge in [-0.25, -0.2) is 18.1 Å². The van der Waals surface area contributed by atoms with Gasteiger partial charge in [0.15, 0.2) is 11.5 Å². The van der Waals surface area contributed by atoms with Gasteiger partial charge in [-0.2, -0.15) is 9.39 Å². The van der Waals surface area contributed by atoms with E-state index < -0.39 is 21.7 Å². The van der Waals surface area contributed by atoms with E-state index in [1.54, 1.807) is 37.3 Å². The van der Waals surface area contributed by atoms with Crippen LogP contribution in [0.1, 0.15) is 28.4 Å². The third-order valence-electron chi connectivity index (χ3n) is 4.86. The predicted molar refractivity (Wildman–Crippen MR) is 134 cm³/mol. The number of amides is 1. The van der Waals surface area contributed by atoms with E-state index in [0.29, 0.717) is 11.1 Å². The number of carbonyl (C=O) groups is 2. The summed E-state index contributed by atoms with van der Waals surface area (Å²) in [5.74, 6) is -1.16. The van der Waals surface area contributed by atoms with E-state index in [-0.39, 0.29) is 39.8 Å². The highest BCUT2D eigenvalue weighted by Crippen LogP contribution is 2.33. The van der Waals surface area contributed by atoms with Crippen molar-refractivity contribution in [3.63, 3.8) is 0 Å². The fourth-order valence-electron chi connectivity index (χ4n) is 3.30. The monoisotopic (exact) mass is 512 g/mol. The molecule has 0 atom stereocenters. The molecule has 2 aromatic rings. The van der Waals surface area contributed by atoms with Crippen molar-refractivity contribution in [2.75, 3.05) is 12.9 Å². The number of hydrogen-bond acceptors (Lipinski definition) is 9. The molecule has 0 aliphatic carbocycles. The van der Waals surface area contributed by atoms with Gasteiger partial charge in [-0.1, -0.05) is 23.8 Å². The highest BCUT2D eigenvalue weighted by Gasteiger charge is 2.41. The average Bonchev–Trinajstić information content (AvgIpc) is 3.23. The van der Waals surface area contributed by atoms with Crippen LogP contribution in [0.25, 0.3) is 6.08 Å². The van der Waals surface area contributed by atoms with E-state index in [0.717, 1.165) is 28.7 Å². The second kappa shape index (κ2) is 9.47. The zero-order chi connectivity index (χ0) is 25.3. The van der Waals surface area contributed by atoms with E-state index in [1.165, 1.54) is 12.1 Å². The number of rotatable bonds is 5. The summed E-state index contributed by atoms with van der Waals surface area (Å²) >= 11 is 0.720. The largest absolute Gasteiger partial charge is 0.490 e. The van der Waals surface area contributed by atoms with Crippen molar-refractivity contribution in [1.82, 2.24) is 4.90 Å². The molecular weight excluding hydrogens is 492 g/mol. The van der Waals surface area contributed by atoms with Gasteiger partial charge >= 0.3 is 5.97 Å². The molecule has 12 heteroatoms. The Kier molecular flexibility index (Phi) is 6.59. The number of fused-ring (bicyclic) bond motifs is 1. The fourth-order valence-corrected chi connectivity index (χ4v) is 5.15. The lowest BCUT2D eigenvalue weighted by Crippen LogP contribution is -2.45. The third-order valence-corrected chi connectivity index (χ3v) is 6.62. The molecule has 35 heavy (non-hydrogen) atoms. The van der Waals surface area contributed by atoms with Gasteiger partial charge in [-0.05, 0) is 49.8 Å². The first-order valence-electron chi connectivity index (χ1n) is 10.3. The normalized spacial score (nSPS) is 16.7. The molecule has 2 aliphatic rings. The molecule has 2 aliphatic heterocycles. The molecule has 0 saturated heterocycles. The van der Waals surface area contributed by atoms with Crippen molar-refractivity contribution in [2.45, 2.75) is 13.8 Å². The Morgan fingerprint density at radius 1 is 1.20 bits per heavy atom. The molecular formula is C23H20N4O6S2. The van der Waals surface area contributed by atoms with Crippen molar-refractivity contribution in [1.29, 1.82) is 5.41 Å². The van der Waals surface area contributed by atoms with Crippen LogP contribution in [0.15, 0.2) is 57.4 Å². The maximum absolute atomic E-state index is 12.6. The van der Waals surface area contributed by atoms with Crippen LogP contribution < -0.4 is 9.47 Å². The summed E-state index contributed by atoms with van der Waals surface area (Å²) in [6.07, 6.45) is 2.36. The predicted octanol–water partition coefficient (Wildman–Crippen LogP) is 3.23. The summed E-state index contributed by atoms with van der Waals surface area (Å²) in [7, 11) is -3.75. The van der Waals surface area contributed by atoms with Gasteiger partial charge in [0, 0.05) is 6.26 Å². The molecule has 2 heterocycles. The Bertz CT molecular complexity index is 1460. The van der Waals surface area contributed by atoms with Gasteiger partial charge in [0.25, 0.3) is 5.91 Å². The maximum Gasteiger partial charge on any atom is 0.343 e. The van der Waals surface area contributed by atoms with E-state index in [9.17, 15) is 18.0 Å². The molecule has 1 N–H and O–H groups in total. The zero-order valence-electron chi connectivity index (χ0n) is 18.9. The number of hydrogen-bond donors (Lipinski definition) is 1. The van der Waals surface area contributed by atoms with Crippen LogP contribution >= 0.6 is 11.9 Å². The van der Waals surface area contributed by atoms with Crippen molar-refractivity contribution in [3.05, 3.63) is 64.7 Å². The van der Waals surface area contributed by atoms with E-state index >= 15 is 0 Å². The Labute approximate surface area is 205 Å². The van der Waals surface area contributed by atoms with Crippen LogP contribution in [0.3, 0.4) is 0 Å². The van der Waals surface area contributed by atoms with Gasteiger partial charge in [0.2, 0.25) is 20.2 Å². The molecule has 180 valence electrons. The minimum Gasteiger partial charge on any atom is -0.490 e. The van der Waals surface area contributed by atoms with Gasteiger partial charge in [0.1, 0.15) is 5.84 Å². The van der Waals surface area contributed by atoms with Crippen molar-refractivity contribution in [2.24, 2.45) is 9.39 Å². The first-order valence-corrected chi connectivity index (χ1v) is 13.0. The summed E-state index contributed by atoms with van der Waals surface area (Å²) in [6.45, 7) is 3.93. The van der Waals surface area contributed by atoms with Crippen LogP contribution in [0.5, 0.6) is 11.5 Å². The molecule has 0 radical (unpaired) electrons. The van der Waals surface area contributed by atoms with Crippen molar-refractivity contribution >= 4 is 55.9 Å². The number of nitrogens with one attached hydrogen (secondary N) is 1. The molecule has 0 fully saturated rings. The molecule has 0 bridgehead atoms. The molecule has 0 saturated carbocycles. The van der Waals surface area contributed by atoms with Crippen molar-refractivity contribution in [3.8, 4) is 11.5 Å². The van der Waals surface area contributed by atoms with E-state index in [1.807, 2.05) is 13.0 Å². The highest BCUT2D eigenvalue weighted by molar-refractivity contribution is 8.16. The number of carbonyl (C=O) groups excluding carboxylic acids is 2. The van der Waals surface area contributed by atoms with Crippen LogP contribution in [0, 0.1) is 12.3 Å². The summed E-state index contributed by atoms with van der Waals surface area (Å²) in [6, 6.07) is 11.6. The quantitative estimate of drug-likeness (QED) is 0.279. The van der Waals surface area contributed by atoms with Gasteiger partial charge in [-0.15, -0.1) is 0 Å². The van der Waals surface area contributed by atoms with E-state index in [4.69, 9.17) is 14.9 Å². The SMILES string of the molecule is CCOc1cc(/C=C2/C(=N)N3C(=NC2=O)SN=C3S(C)(=O)=O)ccc1OC(=O)c1cccc(C)c1. The lowest BCUT2D eigenvalue weighted by atomic mass is 10.1. The minimum atomic E-state index is -3.75. The number of sulfone groups is 1. The summed E-state index contributed by atoms with van der Waals surface area (Å²) in [5.41, 5.74) is 1.64. The average molecular weight is 513 g/mol. The lowest BCUT2D eigenvalue weighted by Gasteiger charge is -2.23. The first-order chi connectivity index (χ1) is 16.6. The minimum absolute atomic E-state index is 0.00555. The highest BCUT2D eigenvalue weighted by atomic mass is 32.2. The first kappa shape index (κ1) is 24.4. The molecule has 2 aromatic carbocycles. The lowest BCUT2D eigenvalue weighted by molar-refractivity contribution is -0.114. The van der Waals surface area contributed by atoms with Gasteiger partial charge in [-0.3, -0.25) is 10.2 Å². The standard InChI is InChI=1S/C23H20N4O6S2/c1-4-32-18-12-14(8-9-17(18)33-21(29)15-7-5-6-13(2)10-15)11-16-19(24)27-22(25-20(16)28)34-26-23(27)35(3,30)31/h5-12,24H,4H2,1-3H3/b16-11-,24-19?. The Hall–Kier alpha value is -3.77. The van der Waals surface area contributed by atoms with Crippen molar-refractivity contribution < 1.29 is 27.5 Å². The Morgan fingerprint density at radius 3 is 2.66 bits per heavy atom. The number of amidine groups is 3. The van der Waals surface area contributed by atoms with Crippen LogP contribution in [0.2, 0.25) is 0 Å². The number of aryl methyl sites for hydroxylation is 1. The molecule has 10 nitrogen and oxygen atoms in total. The third kappa shape index (κ3) is 5.03. The molecule has 0 unspecified atom stereocenters. The van der Waals surface area contributed by atoms with Gasteiger partial charge in [0.05, 0.1) is 29.7 Å². The summed E-state index contributed by atoms with van der Waals surface area (Å²) < 4.78 is 39.1. The zero-order valence-corrected chi connectivity index (χ0v) is 20.6. The molecule has 0 aromatic heterocycles. The molecule has 1 amide bonds. The number of aliphatic imine (C=N–C) groups is 1. The molecule has 4 rings (SSSR count). The Balaban J connectivity index is 1.65.